The van der Waals surface area contributed by atoms with E-state index < -0.39 is 10.0 Å². The molecule has 2 atom stereocenters. The van der Waals surface area contributed by atoms with Crippen LogP contribution in [-0.4, -0.2) is 73.1 Å². The minimum absolute atomic E-state index is 0.00535. The van der Waals surface area contributed by atoms with E-state index in [-0.39, 0.29) is 33.6 Å². The van der Waals surface area contributed by atoms with Gasteiger partial charge in [0.2, 0.25) is 10.0 Å². The van der Waals surface area contributed by atoms with Gasteiger partial charge in [-0.25, -0.2) is 8.42 Å². The summed E-state index contributed by atoms with van der Waals surface area (Å²) < 4.78 is 29.2. The fourth-order valence-corrected chi connectivity index (χ4v) is 11.1. The highest BCUT2D eigenvalue weighted by Crippen LogP contribution is 2.53. The molecule has 5 rings (SSSR count). The number of anilines is 1. The van der Waals surface area contributed by atoms with Gasteiger partial charge in [0.15, 0.2) is 0 Å². The van der Waals surface area contributed by atoms with Gasteiger partial charge in [0.25, 0.3) is 11.8 Å². The van der Waals surface area contributed by atoms with Crippen molar-refractivity contribution in [2.45, 2.75) is 104 Å². The zero-order valence-corrected chi connectivity index (χ0v) is 29.0. The van der Waals surface area contributed by atoms with Crippen LogP contribution >= 0.6 is 11.3 Å². The van der Waals surface area contributed by atoms with Crippen molar-refractivity contribution in [3.63, 3.8) is 0 Å². The van der Waals surface area contributed by atoms with Crippen LogP contribution in [0.25, 0.3) is 0 Å². The summed E-state index contributed by atoms with van der Waals surface area (Å²) in [6.07, 6.45) is 6.37. The van der Waals surface area contributed by atoms with Crippen molar-refractivity contribution in [3.05, 3.63) is 45.8 Å². The Labute approximate surface area is 268 Å². The fourth-order valence-electron chi connectivity index (χ4n) is 8.07. The lowest BCUT2D eigenvalue weighted by molar-refractivity contribution is 0.0755. The Balaban J connectivity index is 1.38. The molecule has 2 fully saturated rings. The molecule has 1 aliphatic carbocycles. The first kappa shape index (κ1) is 33.1. The molecule has 10 heteroatoms. The highest BCUT2D eigenvalue weighted by molar-refractivity contribution is 7.89. The Hall–Kier alpha value is -2.27. The maximum atomic E-state index is 13.9. The van der Waals surface area contributed by atoms with Gasteiger partial charge >= 0.3 is 0 Å². The number of hydrogen-bond donors (Lipinski definition) is 1. The van der Waals surface area contributed by atoms with Crippen molar-refractivity contribution < 1.29 is 18.0 Å². The van der Waals surface area contributed by atoms with Crippen LogP contribution in [0.5, 0.6) is 0 Å². The molecule has 0 spiro atoms. The molecule has 1 aromatic heterocycles. The first-order chi connectivity index (χ1) is 20.8. The molecule has 1 N–H and O–H groups in total. The summed E-state index contributed by atoms with van der Waals surface area (Å²) in [5.74, 6) is -0.351. The lowest BCUT2D eigenvalue weighted by atomic mass is 9.65. The van der Waals surface area contributed by atoms with Crippen LogP contribution < -0.4 is 5.32 Å². The van der Waals surface area contributed by atoms with E-state index >= 15 is 0 Å². The Bertz CT molecular complexity index is 1480. The fraction of sp³-hybridized carbons (Fsp3) is 0.647. The maximum Gasteiger partial charge on any atom is 0.257 e. The third kappa shape index (κ3) is 6.64. The van der Waals surface area contributed by atoms with Crippen molar-refractivity contribution in [2.75, 3.05) is 38.0 Å². The molecule has 242 valence electrons. The molecule has 2 aliphatic heterocycles. The second kappa shape index (κ2) is 12.9. The largest absolute Gasteiger partial charge is 0.339 e. The SMILES string of the molecule is CCCN1CCc2c(sc(NC(=O)c3ccc(S(=O)(=O)N4CC5(C)CC4CC(C)(C)C5)cc3)c2C(=O)N(CCC)CCC)C1. The van der Waals surface area contributed by atoms with Crippen molar-refractivity contribution in [1.82, 2.24) is 14.1 Å². The Morgan fingerprint density at radius 2 is 1.70 bits per heavy atom. The number of nitrogens with zero attached hydrogens (tertiary/aromatic N) is 3. The summed E-state index contributed by atoms with van der Waals surface area (Å²) in [5.41, 5.74) is 2.17. The lowest BCUT2D eigenvalue weighted by Gasteiger charge is -2.39. The summed E-state index contributed by atoms with van der Waals surface area (Å²) in [4.78, 5) is 33.2. The van der Waals surface area contributed by atoms with Crippen LogP contribution in [0, 0.1) is 10.8 Å². The summed E-state index contributed by atoms with van der Waals surface area (Å²) in [6, 6.07) is 6.30. The number of carbonyl (C=O) groups is 2. The monoisotopic (exact) mass is 642 g/mol. The minimum atomic E-state index is -3.68. The summed E-state index contributed by atoms with van der Waals surface area (Å²) in [5, 5.41) is 3.66. The predicted molar refractivity (Wildman–Crippen MR) is 178 cm³/mol. The predicted octanol–water partition coefficient (Wildman–Crippen LogP) is 6.62. The van der Waals surface area contributed by atoms with E-state index in [1.165, 1.54) is 11.3 Å². The topological polar surface area (TPSA) is 90.0 Å². The number of hydrogen-bond acceptors (Lipinski definition) is 6. The summed E-state index contributed by atoms with van der Waals surface area (Å²) in [7, 11) is -3.68. The van der Waals surface area contributed by atoms with Crippen molar-refractivity contribution in [3.8, 4) is 0 Å². The number of carbonyl (C=O) groups excluding carboxylic acids is 2. The zero-order valence-electron chi connectivity index (χ0n) is 27.4. The number of fused-ring (bicyclic) bond motifs is 3. The van der Waals surface area contributed by atoms with E-state index in [2.05, 4.69) is 51.8 Å². The van der Waals surface area contributed by atoms with E-state index in [9.17, 15) is 18.0 Å². The molecule has 1 saturated heterocycles. The molecule has 2 amide bonds. The number of benzene rings is 1. The van der Waals surface area contributed by atoms with Gasteiger partial charge in [-0.2, -0.15) is 4.31 Å². The molecule has 3 aliphatic rings. The van der Waals surface area contributed by atoms with E-state index in [0.717, 1.165) is 75.0 Å². The highest BCUT2D eigenvalue weighted by Gasteiger charge is 2.53. The molecule has 1 aromatic carbocycles. The molecular weight excluding hydrogens is 593 g/mol. The number of nitrogens with one attached hydrogen (secondary N) is 1. The van der Waals surface area contributed by atoms with Gasteiger partial charge in [0.1, 0.15) is 5.00 Å². The quantitative estimate of drug-likeness (QED) is 0.298. The highest BCUT2D eigenvalue weighted by atomic mass is 32.2. The van der Waals surface area contributed by atoms with Gasteiger partial charge in [-0.1, -0.05) is 41.5 Å². The van der Waals surface area contributed by atoms with Crippen LogP contribution in [-0.2, 0) is 23.0 Å². The molecule has 2 bridgehead atoms. The van der Waals surface area contributed by atoms with Gasteiger partial charge < -0.3 is 10.2 Å². The van der Waals surface area contributed by atoms with Crippen LogP contribution in [0.1, 0.15) is 111 Å². The minimum Gasteiger partial charge on any atom is -0.339 e. The molecule has 2 aromatic rings. The van der Waals surface area contributed by atoms with Crippen LogP contribution in [0.15, 0.2) is 29.2 Å². The summed E-state index contributed by atoms with van der Waals surface area (Å²) in [6.45, 7) is 17.6. The van der Waals surface area contributed by atoms with E-state index in [4.69, 9.17) is 0 Å². The van der Waals surface area contributed by atoms with Gasteiger partial charge in [-0.3, -0.25) is 14.5 Å². The number of amides is 2. The average Bonchev–Trinajstić information content (AvgIpc) is 3.44. The van der Waals surface area contributed by atoms with Crippen LogP contribution in [0.2, 0.25) is 0 Å². The van der Waals surface area contributed by atoms with E-state index in [1.54, 1.807) is 28.6 Å². The standard InChI is InChI=1S/C34H50N4O4S2/c1-7-15-36-18-14-27-28(21-36)43-31(29(27)32(40)37(16-8-2)17-9-3)35-30(39)24-10-12-26(13-11-24)44(41,42)38-23-34(6)20-25(38)19-33(4,5)22-34/h10-13,25H,7-9,14-23H2,1-6H3,(H,35,39). The van der Waals surface area contributed by atoms with Crippen molar-refractivity contribution in [1.29, 1.82) is 0 Å². The van der Waals surface area contributed by atoms with E-state index in [0.29, 0.717) is 35.8 Å². The van der Waals surface area contributed by atoms with Gasteiger partial charge in [-0.15, -0.1) is 11.3 Å². The average molecular weight is 643 g/mol. The normalized spacial score (nSPS) is 23.4. The number of rotatable bonds is 11. The van der Waals surface area contributed by atoms with Gasteiger partial charge in [-0.05, 0) is 92.1 Å². The molecule has 3 heterocycles. The first-order valence-electron chi connectivity index (χ1n) is 16.4. The smallest absolute Gasteiger partial charge is 0.257 e. The van der Waals surface area contributed by atoms with Crippen LogP contribution in [0.4, 0.5) is 5.00 Å². The molecule has 44 heavy (non-hydrogen) atoms. The molecule has 0 radical (unpaired) electrons. The van der Waals surface area contributed by atoms with Gasteiger partial charge in [0, 0.05) is 49.2 Å². The number of sulfonamides is 1. The van der Waals surface area contributed by atoms with Crippen molar-refractivity contribution >= 4 is 38.2 Å². The third-order valence-electron chi connectivity index (χ3n) is 9.48. The first-order valence-corrected chi connectivity index (χ1v) is 18.7. The van der Waals surface area contributed by atoms with Crippen molar-refractivity contribution in [2.24, 2.45) is 10.8 Å². The Morgan fingerprint density at radius 3 is 2.34 bits per heavy atom. The Morgan fingerprint density at radius 1 is 1.02 bits per heavy atom. The van der Waals surface area contributed by atoms with E-state index in [1.807, 2.05) is 4.90 Å². The molecule has 8 nitrogen and oxygen atoms in total. The maximum absolute atomic E-state index is 13.9. The zero-order chi connectivity index (χ0) is 31.9. The molecule has 1 saturated carbocycles. The molecule has 2 unspecified atom stereocenters. The Kier molecular flexibility index (Phi) is 9.67. The van der Waals surface area contributed by atoms with Crippen LogP contribution in [0.3, 0.4) is 0 Å². The second-order valence-corrected chi connectivity index (χ2v) is 17.3. The second-order valence-electron chi connectivity index (χ2n) is 14.3. The molecular formula is C34H50N4O4S2. The lowest BCUT2D eigenvalue weighted by Crippen LogP contribution is -2.37. The van der Waals surface area contributed by atoms with Gasteiger partial charge in [0.05, 0.1) is 10.5 Å². The third-order valence-corrected chi connectivity index (χ3v) is 12.5. The number of thiophene rings is 1. The summed E-state index contributed by atoms with van der Waals surface area (Å²) >= 11 is 1.51.